The first-order valence-corrected chi connectivity index (χ1v) is 9.26. The van der Waals surface area contributed by atoms with Crippen molar-refractivity contribution in [1.82, 2.24) is 10.9 Å². The zero-order valence-corrected chi connectivity index (χ0v) is 15.8. The normalized spacial score (nSPS) is 15.7. The van der Waals surface area contributed by atoms with Crippen LogP contribution in [0, 0.1) is 0 Å². The molecule has 0 saturated carbocycles. The van der Waals surface area contributed by atoms with Crippen molar-refractivity contribution in [2.24, 2.45) is 0 Å². The highest BCUT2D eigenvalue weighted by Crippen LogP contribution is 2.15. The summed E-state index contributed by atoms with van der Waals surface area (Å²) >= 11 is 3.33. The molecular formula is C19H21BrN3O3+. The highest BCUT2D eigenvalue weighted by molar-refractivity contribution is 9.10. The molecule has 6 nitrogen and oxygen atoms in total. The van der Waals surface area contributed by atoms with E-state index in [0.29, 0.717) is 12.3 Å². The van der Waals surface area contributed by atoms with Crippen molar-refractivity contribution in [3.8, 4) is 5.75 Å². The fraction of sp³-hybridized carbons (Fsp3) is 0.263. The van der Waals surface area contributed by atoms with E-state index in [4.69, 9.17) is 4.74 Å². The van der Waals surface area contributed by atoms with Crippen molar-refractivity contribution >= 4 is 27.7 Å². The van der Waals surface area contributed by atoms with Crippen molar-refractivity contribution in [2.75, 3.05) is 19.7 Å². The van der Waals surface area contributed by atoms with Crippen LogP contribution in [0.5, 0.6) is 5.75 Å². The van der Waals surface area contributed by atoms with Crippen molar-refractivity contribution in [3.63, 3.8) is 0 Å². The molecule has 7 heteroatoms. The summed E-state index contributed by atoms with van der Waals surface area (Å²) in [6.07, 6.45) is 0.964. The molecule has 0 radical (unpaired) electrons. The fourth-order valence-electron chi connectivity index (χ4n) is 2.92. The lowest BCUT2D eigenvalue weighted by Crippen LogP contribution is -3.13. The highest BCUT2D eigenvalue weighted by atomic mass is 79.9. The first-order chi connectivity index (χ1) is 12.6. The van der Waals surface area contributed by atoms with Gasteiger partial charge >= 0.3 is 0 Å². The van der Waals surface area contributed by atoms with Gasteiger partial charge in [-0.05, 0) is 29.8 Å². The van der Waals surface area contributed by atoms with E-state index in [9.17, 15) is 9.59 Å². The van der Waals surface area contributed by atoms with Crippen molar-refractivity contribution < 1.29 is 19.2 Å². The van der Waals surface area contributed by atoms with Gasteiger partial charge in [0.15, 0.2) is 13.2 Å². The Hall–Kier alpha value is -2.38. The molecule has 2 amide bonds. The topological polar surface area (TPSA) is 71.9 Å². The number of nitrogens with one attached hydrogen (secondary N) is 3. The maximum absolute atomic E-state index is 12.0. The second kappa shape index (κ2) is 8.82. The number of quaternary nitrogens is 1. The van der Waals surface area contributed by atoms with E-state index in [0.717, 1.165) is 24.0 Å². The molecule has 2 aromatic rings. The molecule has 26 heavy (non-hydrogen) atoms. The molecular weight excluding hydrogens is 398 g/mol. The number of benzene rings is 2. The standard InChI is InChI=1S/C19H20BrN3O3/c20-16-5-7-17(8-6-16)26-13-19(25)22-21-18(24)12-23-10-9-14-3-1-2-4-15(14)11-23/h1-8H,9-13H2,(H,21,24)(H,22,25)/p+1. The van der Waals surface area contributed by atoms with Gasteiger partial charge in [0, 0.05) is 16.5 Å². The first-order valence-electron chi connectivity index (χ1n) is 8.46. The average Bonchev–Trinajstić information content (AvgIpc) is 2.66. The Morgan fingerprint density at radius 1 is 1.00 bits per heavy atom. The van der Waals surface area contributed by atoms with E-state index in [1.54, 1.807) is 12.1 Å². The van der Waals surface area contributed by atoms with Gasteiger partial charge in [-0.2, -0.15) is 0 Å². The van der Waals surface area contributed by atoms with E-state index in [-0.39, 0.29) is 12.5 Å². The number of hydrazine groups is 1. The Balaban J connectivity index is 1.37. The number of carbonyl (C=O) groups is 2. The molecule has 3 N–H and O–H groups in total. The third-order valence-electron chi connectivity index (χ3n) is 4.24. The minimum atomic E-state index is -0.403. The van der Waals surface area contributed by atoms with E-state index < -0.39 is 5.91 Å². The summed E-state index contributed by atoms with van der Waals surface area (Å²) in [6.45, 7) is 1.89. The van der Waals surface area contributed by atoms with Gasteiger partial charge < -0.3 is 9.64 Å². The van der Waals surface area contributed by atoms with Gasteiger partial charge in [0.25, 0.3) is 11.8 Å². The Morgan fingerprint density at radius 3 is 2.46 bits per heavy atom. The number of hydrogen-bond acceptors (Lipinski definition) is 3. The van der Waals surface area contributed by atoms with Crippen molar-refractivity contribution in [1.29, 1.82) is 0 Å². The van der Waals surface area contributed by atoms with Crippen LogP contribution in [0.3, 0.4) is 0 Å². The van der Waals surface area contributed by atoms with Crippen molar-refractivity contribution in [2.45, 2.75) is 13.0 Å². The molecule has 0 bridgehead atoms. The van der Waals surface area contributed by atoms with E-state index in [1.165, 1.54) is 16.0 Å². The number of ether oxygens (including phenoxy) is 1. The molecule has 0 aliphatic carbocycles. The lowest BCUT2D eigenvalue weighted by molar-refractivity contribution is -0.908. The summed E-state index contributed by atoms with van der Waals surface area (Å²) in [5, 5.41) is 0. The lowest BCUT2D eigenvalue weighted by atomic mass is 10.00. The monoisotopic (exact) mass is 418 g/mol. The summed E-state index contributed by atoms with van der Waals surface area (Å²) in [5.74, 6) is -0.0252. The van der Waals surface area contributed by atoms with Gasteiger partial charge in [0.05, 0.1) is 6.54 Å². The van der Waals surface area contributed by atoms with Gasteiger partial charge in [0.1, 0.15) is 12.3 Å². The number of amides is 2. The molecule has 136 valence electrons. The summed E-state index contributed by atoms with van der Waals surface area (Å²) in [7, 11) is 0. The second-order valence-corrected chi connectivity index (χ2v) is 7.13. The summed E-state index contributed by atoms with van der Waals surface area (Å²) < 4.78 is 6.29. The maximum Gasteiger partial charge on any atom is 0.293 e. The SMILES string of the molecule is O=C(COc1ccc(Br)cc1)NNC(=O)C[NH+]1CCc2ccccc2C1. The molecule has 1 aliphatic heterocycles. The van der Waals surface area contributed by atoms with Crippen LogP contribution in [0.1, 0.15) is 11.1 Å². The van der Waals surface area contributed by atoms with Crippen LogP contribution in [-0.4, -0.2) is 31.5 Å². The predicted molar refractivity (Wildman–Crippen MR) is 100 cm³/mol. The number of halogens is 1. The van der Waals surface area contributed by atoms with Crippen LogP contribution in [0.25, 0.3) is 0 Å². The van der Waals surface area contributed by atoms with E-state index >= 15 is 0 Å². The van der Waals surface area contributed by atoms with Gasteiger partial charge in [-0.15, -0.1) is 0 Å². The number of rotatable bonds is 5. The van der Waals surface area contributed by atoms with Crippen LogP contribution in [0.4, 0.5) is 0 Å². The summed E-state index contributed by atoms with van der Waals surface area (Å²) in [5.41, 5.74) is 7.48. The molecule has 0 aromatic heterocycles. The maximum atomic E-state index is 12.0. The minimum Gasteiger partial charge on any atom is -0.484 e. The minimum absolute atomic E-state index is 0.161. The third-order valence-corrected chi connectivity index (χ3v) is 4.77. The fourth-order valence-corrected chi connectivity index (χ4v) is 3.18. The molecule has 0 spiro atoms. The molecule has 3 rings (SSSR count). The molecule has 1 aliphatic rings. The van der Waals surface area contributed by atoms with Gasteiger partial charge in [0.2, 0.25) is 0 Å². The van der Waals surface area contributed by atoms with Crippen LogP contribution in [-0.2, 0) is 22.6 Å². The second-order valence-electron chi connectivity index (χ2n) is 6.21. The molecule has 1 atom stereocenters. The Morgan fingerprint density at radius 2 is 1.69 bits per heavy atom. The Labute approximate surface area is 160 Å². The highest BCUT2D eigenvalue weighted by Gasteiger charge is 2.21. The van der Waals surface area contributed by atoms with Crippen LogP contribution in [0.15, 0.2) is 53.0 Å². The number of hydrogen-bond donors (Lipinski definition) is 3. The van der Waals surface area contributed by atoms with E-state index in [1.807, 2.05) is 24.3 Å². The zero-order chi connectivity index (χ0) is 18.4. The molecule has 1 unspecified atom stereocenters. The van der Waals surface area contributed by atoms with Crippen LogP contribution in [0.2, 0.25) is 0 Å². The van der Waals surface area contributed by atoms with Gasteiger partial charge in [-0.3, -0.25) is 20.4 Å². The van der Waals surface area contributed by atoms with E-state index in [2.05, 4.69) is 38.9 Å². The molecule has 0 saturated heterocycles. The molecule has 1 heterocycles. The summed E-state index contributed by atoms with van der Waals surface area (Å²) in [6, 6.07) is 15.5. The number of fused-ring (bicyclic) bond motifs is 1. The predicted octanol–water partition coefficient (Wildman–Crippen LogP) is 0.617. The first kappa shape index (κ1) is 18.4. The van der Waals surface area contributed by atoms with Crippen molar-refractivity contribution in [3.05, 3.63) is 64.1 Å². The lowest BCUT2D eigenvalue weighted by Gasteiger charge is -2.25. The van der Waals surface area contributed by atoms with Crippen LogP contribution < -0.4 is 20.5 Å². The Bertz CT molecular complexity index is 780. The molecule has 0 fully saturated rings. The summed E-state index contributed by atoms with van der Waals surface area (Å²) in [4.78, 5) is 25.0. The smallest absolute Gasteiger partial charge is 0.293 e. The largest absolute Gasteiger partial charge is 0.484 e. The number of carbonyl (C=O) groups excluding carboxylic acids is 2. The average molecular weight is 419 g/mol. The Kier molecular flexibility index (Phi) is 6.25. The van der Waals surface area contributed by atoms with Gasteiger partial charge in [-0.25, -0.2) is 0 Å². The van der Waals surface area contributed by atoms with Crippen LogP contribution >= 0.6 is 15.9 Å². The molecule has 2 aromatic carbocycles. The quantitative estimate of drug-likeness (QED) is 0.623. The third kappa shape index (κ3) is 5.31. The zero-order valence-electron chi connectivity index (χ0n) is 14.3. The van der Waals surface area contributed by atoms with Gasteiger partial charge in [-0.1, -0.05) is 40.2 Å².